The molecule has 0 radical (unpaired) electrons. The number of morpholine rings is 1. The molecule has 0 aliphatic carbocycles. The molecule has 0 atom stereocenters. The minimum atomic E-state index is -0.0645. The smallest absolute Gasteiger partial charge is 0.260 e. The monoisotopic (exact) mass is 375 g/mol. The van der Waals surface area contributed by atoms with Crippen molar-refractivity contribution in [2.75, 3.05) is 51.3 Å². The molecule has 1 aromatic carbocycles. The van der Waals surface area contributed by atoms with E-state index in [1.807, 2.05) is 12.1 Å². The number of benzene rings is 1. The predicted octanol–water partition coefficient (Wildman–Crippen LogP) is 1.64. The molecule has 2 amide bonds. The number of hydrogen-bond acceptors (Lipinski definition) is 5. The minimum absolute atomic E-state index is 0.0101. The average molecular weight is 375 g/mol. The Hall–Kier alpha value is -2.12. The third kappa shape index (κ3) is 6.22. The Morgan fingerprint density at radius 1 is 1.19 bits per heavy atom. The number of carbonyl (C=O) groups is 2. The molecule has 0 spiro atoms. The maximum atomic E-state index is 12.3. The van der Waals surface area contributed by atoms with Crippen molar-refractivity contribution in [3.05, 3.63) is 24.3 Å². The number of nitrogens with zero attached hydrogens (tertiary/aromatic N) is 1. The first-order valence-electron chi connectivity index (χ1n) is 9.80. The van der Waals surface area contributed by atoms with Crippen LogP contribution in [0.4, 0.5) is 5.69 Å². The van der Waals surface area contributed by atoms with Crippen molar-refractivity contribution in [2.24, 2.45) is 5.92 Å². The average Bonchev–Trinajstić information content (AvgIpc) is 2.73. The zero-order valence-electron chi connectivity index (χ0n) is 15.7. The van der Waals surface area contributed by atoms with Crippen molar-refractivity contribution in [2.45, 2.75) is 25.7 Å². The third-order valence-electron chi connectivity index (χ3n) is 5.11. The van der Waals surface area contributed by atoms with Gasteiger partial charge in [-0.3, -0.25) is 9.59 Å². The molecule has 2 saturated heterocycles. The highest BCUT2D eigenvalue weighted by molar-refractivity contribution is 5.92. The van der Waals surface area contributed by atoms with Gasteiger partial charge in [0.15, 0.2) is 6.61 Å². The van der Waals surface area contributed by atoms with Crippen molar-refractivity contribution in [3.63, 3.8) is 0 Å². The Morgan fingerprint density at radius 2 is 1.93 bits per heavy atom. The van der Waals surface area contributed by atoms with E-state index < -0.39 is 0 Å². The summed E-state index contributed by atoms with van der Waals surface area (Å²) in [4.78, 5) is 26.3. The lowest BCUT2D eigenvalue weighted by atomic mass is 9.93. The van der Waals surface area contributed by atoms with Crippen LogP contribution in [0.3, 0.4) is 0 Å². The van der Waals surface area contributed by atoms with Crippen LogP contribution in [0.15, 0.2) is 24.3 Å². The highest BCUT2D eigenvalue weighted by atomic mass is 16.5. The Kier molecular flexibility index (Phi) is 7.47. The molecule has 0 unspecified atom stereocenters. The van der Waals surface area contributed by atoms with Gasteiger partial charge in [-0.1, -0.05) is 12.1 Å². The van der Waals surface area contributed by atoms with E-state index in [4.69, 9.17) is 9.47 Å². The van der Waals surface area contributed by atoms with E-state index >= 15 is 0 Å². The van der Waals surface area contributed by atoms with Gasteiger partial charge < -0.3 is 25.0 Å². The lowest BCUT2D eigenvalue weighted by molar-refractivity contribution is -0.137. The summed E-state index contributed by atoms with van der Waals surface area (Å²) in [5.74, 6) is 1.07. The van der Waals surface area contributed by atoms with Crippen molar-refractivity contribution in [1.82, 2.24) is 10.2 Å². The lowest BCUT2D eigenvalue weighted by Gasteiger charge is -2.26. The maximum Gasteiger partial charge on any atom is 0.260 e. The fourth-order valence-corrected chi connectivity index (χ4v) is 3.46. The normalized spacial score (nSPS) is 18.1. The number of hydrogen-bond donors (Lipinski definition) is 2. The zero-order chi connectivity index (χ0) is 18.9. The zero-order valence-corrected chi connectivity index (χ0v) is 15.7. The molecule has 2 heterocycles. The van der Waals surface area contributed by atoms with E-state index in [1.54, 1.807) is 17.0 Å². The maximum absolute atomic E-state index is 12.3. The van der Waals surface area contributed by atoms with Gasteiger partial charge in [0.05, 0.1) is 18.9 Å². The van der Waals surface area contributed by atoms with E-state index in [1.165, 1.54) is 0 Å². The van der Waals surface area contributed by atoms with Crippen molar-refractivity contribution < 1.29 is 19.1 Å². The molecule has 148 valence electrons. The molecular formula is C20H29N3O4. The highest BCUT2D eigenvalue weighted by Gasteiger charge is 2.18. The largest absolute Gasteiger partial charge is 0.482 e. The number of amides is 2. The van der Waals surface area contributed by atoms with E-state index in [0.717, 1.165) is 32.4 Å². The van der Waals surface area contributed by atoms with Crippen LogP contribution in [0.5, 0.6) is 5.75 Å². The van der Waals surface area contributed by atoms with Gasteiger partial charge in [-0.15, -0.1) is 0 Å². The Labute approximate surface area is 160 Å². The second kappa shape index (κ2) is 10.3. The van der Waals surface area contributed by atoms with Gasteiger partial charge in [0.1, 0.15) is 5.75 Å². The Bertz CT molecular complexity index is 625. The van der Waals surface area contributed by atoms with Crippen LogP contribution in [-0.4, -0.2) is 62.7 Å². The molecule has 27 heavy (non-hydrogen) atoms. The van der Waals surface area contributed by atoms with Crippen molar-refractivity contribution >= 4 is 17.5 Å². The van der Waals surface area contributed by atoms with Gasteiger partial charge in [0, 0.05) is 19.5 Å². The van der Waals surface area contributed by atoms with Crippen molar-refractivity contribution in [3.8, 4) is 5.75 Å². The summed E-state index contributed by atoms with van der Waals surface area (Å²) in [7, 11) is 0. The number of anilines is 1. The summed E-state index contributed by atoms with van der Waals surface area (Å²) >= 11 is 0. The molecule has 1 aromatic rings. The molecule has 3 rings (SSSR count). The number of carbonyl (C=O) groups excluding carboxylic acids is 2. The number of ether oxygens (including phenoxy) is 2. The minimum Gasteiger partial charge on any atom is -0.482 e. The van der Waals surface area contributed by atoms with Crippen LogP contribution in [0.2, 0.25) is 0 Å². The highest BCUT2D eigenvalue weighted by Crippen LogP contribution is 2.25. The molecule has 2 fully saturated rings. The SMILES string of the molecule is O=C(CCC1CCNCC1)Nc1ccccc1OCC(=O)N1CCOCC1. The molecule has 2 aliphatic heterocycles. The summed E-state index contributed by atoms with van der Waals surface area (Å²) in [6.45, 7) is 4.36. The topological polar surface area (TPSA) is 79.9 Å². The van der Waals surface area contributed by atoms with E-state index in [0.29, 0.717) is 50.1 Å². The number of rotatable bonds is 7. The predicted molar refractivity (Wildman–Crippen MR) is 103 cm³/mol. The van der Waals surface area contributed by atoms with E-state index in [2.05, 4.69) is 10.6 Å². The van der Waals surface area contributed by atoms with Crippen LogP contribution in [-0.2, 0) is 14.3 Å². The van der Waals surface area contributed by atoms with Gasteiger partial charge >= 0.3 is 0 Å². The summed E-state index contributed by atoms with van der Waals surface area (Å²) in [5.41, 5.74) is 0.614. The lowest BCUT2D eigenvalue weighted by Crippen LogP contribution is -2.43. The quantitative estimate of drug-likeness (QED) is 0.757. The second-order valence-corrected chi connectivity index (χ2v) is 7.06. The molecule has 7 heteroatoms. The first-order chi connectivity index (χ1) is 13.2. The number of nitrogens with one attached hydrogen (secondary N) is 2. The molecule has 2 aliphatic rings. The Morgan fingerprint density at radius 3 is 2.70 bits per heavy atom. The second-order valence-electron chi connectivity index (χ2n) is 7.06. The van der Waals surface area contributed by atoms with E-state index in [-0.39, 0.29) is 18.4 Å². The first-order valence-corrected chi connectivity index (χ1v) is 9.80. The van der Waals surface area contributed by atoms with Crippen molar-refractivity contribution in [1.29, 1.82) is 0 Å². The molecule has 2 N–H and O–H groups in total. The summed E-state index contributed by atoms with van der Waals surface area (Å²) in [6, 6.07) is 7.25. The van der Waals surface area contributed by atoms with Crippen LogP contribution in [0.1, 0.15) is 25.7 Å². The van der Waals surface area contributed by atoms with Gasteiger partial charge in [0.25, 0.3) is 5.91 Å². The Balaban J connectivity index is 1.47. The standard InChI is InChI=1S/C20H29N3O4/c24-19(6-5-16-7-9-21-10-8-16)22-17-3-1-2-4-18(17)27-15-20(25)23-11-13-26-14-12-23/h1-4,16,21H,5-15H2,(H,22,24). The molecular weight excluding hydrogens is 346 g/mol. The molecule has 0 saturated carbocycles. The molecule has 0 bridgehead atoms. The van der Waals surface area contributed by atoms with Crippen LogP contribution < -0.4 is 15.4 Å². The summed E-state index contributed by atoms with van der Waals surface area (Å²) in [6.07, 6.45) is 3.69. The number of para-hydroxylation sites is 2. The third-order valence-corrected chi connectivity index (χ3v) is 5.11. The first kappa shape index (κ1) is 19.6. The fourth-order valence-electron chi connectivity index (χ4n) is 3.46. The van der Waals surface area contributed by atoms with E-state index in [9.17, 15) is 9.59 Å². The molecule has 0 aromatic heterocycles. The van der Waals surface area contributed by atoms with Crippen LogP contribution >= 0.6 is 0 Å². The van der Waals surface area contributed by atoms with Gasteiger partial charge in [-0.25, -0.2) is 0 Å². The van der Waals surface area contributed by atoms with Crippen LogP contribution in [0.25, 0.3) is 0 Å². The van der Waals surface area contributed by atoms with Gasteiger partial charge in [0.2, 0.25) is 5.91 Å². The molecule has 7 nitrogen and oxygen atoms in total. The summed E-state index contributed by atoms with van der Waals surface area (Å²) in [5, 5.41) is 6.27. The van der Waals surface area contributed by atoms with Gasteiger partial charge in [-0.05, 0) is 50.4 Å². The van der Waals surface area contributed by atoms with Crippen LogP contribution in [0, 0.1) is 5.92 Å². The fraction of sp³-hybridized carbons (Fsp3) is 0.600. The van der Waals surface area contributed by atoms with Gasteiger partial charge in [-0.2, -0.15) is 0 Å². The number of piperidine rings is 1. The summed E-state index contributed by atoms with van der Waals surface area (Å²) < 4.78 is 10.9.